The van der Waals surface area contributed by atoms with Crippen molar-refractivity contribution in [2.24, 2.45) is 0 Å². The van der Waals surface area contributed by atoms with E-state index in [4.69, 9.17) is 0 Å². The van der Waals surface area contributed by atoms with Crippen LogP contribution in [0.4, 0.5) is 0 Å². The quantitative estimate of drug-likeness (QED) is 0.642. The van der Waals surface area contributed by atoms with Crippen molar-refractivity contribution < 1.29 is 0 Å². The van der Waals surface area contributed by atoms with Gasteiger partial charge in [0.15, 0.2) is 0 Å². The molecule has 0 spiro atoms. The van der Waals surface area contributed by atoms with Crippen LogP contribution < -0.4 is 0 Å². The minimum Gasteiger partial charge on any atom is -0.0984 e. The molecular formula is C13H16. The van der Waals surface area contributed by atoms with Gasteiger partial charge in [-0.25, -0.2) is 0 Å². The summed E-state index contributed by atoms with van der Waals surface area (Å²) in [5.41, 5.74) is 3.84. The highest BCUT2D eigenvalue weighted by Gasteiger charge is 1.98. The lowest BCUT2D eigenvalue weighted by Gasteiger charge is -2.05. The van der Waals surface area contributed by atoms with Crippen molar-refractivity contribution in [1.82, 2.24) is 0 Å². The van der Waals surface area contributed by atoms with Crippen LogP contribution in [0.5, 0.6) is 0 Å². The number of hydrogen-bond donors (Lipinski definition) is 0. The van der Waals surface area contributed by atoms with Gasteiger partial charge < -0.3 is 0 Å². The summed E-state index contributed by atoms with van der Waals surface area (Å²) < 4.78 is 0. The van der Waals surface area contributed by atoms with Crippen LogP contribution in [0.2, 0.25) is 0 Å². The van der Waals surface area contributed by atoms with Crippen molar-refractivity contribution in [1.29, 1.82) is 0 Å². The van der Waals surface area contributed by atoms with Gasteiger partial charge in [-0.15, -0.1) is 0 Å². The van der Waals surface area contributed by atoms with Gasteiger partial charge in [0.2, 0.25) is 0 Å². The molecule has 0 nitrogen and oxygen atoms in total. The molecule has 0 unspecified atom stereocenters. The summed E-state index contributed by atoms with van der Waals surface area (Å²) in [6.07, 6.45) is 5.22. The molecule has 0 saturated carbocycles. The van der Waals surface area contributed by atoms with E-state index in [2.05, 4.69) is 44.7 Å². The monoisotopic (exact) mass is 172 g/mol. The first-order valence-electron chi connectivity index (χ1n) is 4.68. The van der Waals surface area contributed by atoms with Crippen LogP contribution in [0.15, 0.2) is 36.9 Å². The fraction of sp³-hybridized carbons (Fsp3) is 0.231. The second kappa shape index (κ2) is 4.66. The van der Waals surface area contributed by atoms with Crippen molar-refractivity contribution in [2.45, 2.75) is 20.3 Å². The van der Waals surface area contributed by atoms with Crippen LogP contribution >= 0.6 is 0 Å². The van der Waals surface area contributed by atoms with Crippen molar-refractivity contribution in [3.8, 4) is 0 Å². The van der Waals surface area contributed by atoms with E-state index in [0.29, 0.717) is 0 Å². The molecule has 1 rings (SSSR count). The lowest BCUT2D eigenvalue weighted by Crippen LogP contribution is -1.84. The van der Waals surface area contributed by atoms with E-state index >= 15 is 0 Å². The number of allylic oxidation sites excluding steroid dienone is 2. The maximum atomic E-state index is 3.81. The molecule has 0 aliphatic carbocycles. The second-order valence-corrected chi connectivity index (χ2v) is 3.09. The summed E-state index contributed by atoms with van der Waals surface area (Å²) in [6.45, 7) is 8.10. The van der Waals surface area contributed by atoms with Gasteiger partial charge in [0.1, 0.15) is 0 Å². The Kier molecular flexibility index (Phi) is 3.51. The zero-order chi connectivity index (χ0) is 9.68. The van der Waals surface area contributed by atoms with Gasteiger partial charge in [0, 0.05) is 0 Å². The Morgan fingerprint density at radius 2 is 2.08 bits per heavy atom. The first-order valence-corrected chi connectivity index (χ1v) is 4.68. The minimum atomic E-state index is 1.08. The van der Waals surface area contributed by atoms with Gasteiger partial charge >= 0.3 is 0 Å². The minimum absolute atomic E-state index is 1.08. The maximum absolute atomic E-state index is 3.81. The van der Waals surface area contributed by atoms with E-state index in [1.165, 1.54) is 16.7 Å². The van der Waals surface area contributed by atoms with Gasteiger partial charge in [-0.1, -0.05) is 49.9 Å². The molecule has 0 amide bonds. The van der Waals surface area contributed by atoms with E-state index in [9.17, 15) is 0 Å². The number of rotatable bonds is 3. The highest BCUT2D eigenvalue weighted by Crippen LogP contribution is 2.19. The van der Waals surface area contributed by atoms with Gasteiger partial charge in [0.25, 0.3) is 0 Å². The van der Waals surface area contributed by atoms with Gasteiger partial charge in [0.05, 0.1) is 0 Å². The number of hydrogen-bond acceptors (Lipinski definition) is 0. The van der Waals surface area contributed by atoms with Crippen molar-refractivity contribution in [2.75, 3.05) is 0 Å². The molecule has 0 atom stereocenters. The van der Waals surface area contributed by atoms with Gasteiger partial charge in [-0.2, -0.15) is 0 Å². The third kappa shape index (κ3) is 2.32. The average molecular weight is 172 g/mol. The summed E-state index contributed by atoms with van der Waals surface area (Å²) in [5.74, 6) is 0. The zero-order valence-electron chi connectivity index (χ0n) is 8.38. The molecule has 0 aliphatic heterocycles. The number of benzene rings is 1. The summed E-state index contributed by atoms with van der Waals surface area (Å²) >= 11 is 0. The van der Waals surface area contributed by atoms with E-state index in [1.807, 2.05) is 12.1 Å². The van der Waals surface area contributed by atoms with Crippen LogP contribution in [0.25, 0.3) is 11.6 Å². The summed E-state index contributed by atoms with van der Waals surface area (Å²) in [4.78, 5) is 0. The SMILES string of the molecule is C=Cc1ccccc1/C(C)=C\CC. The third-order valence-electron chi connectivity index (χ3n) is 2.12. The molecular weight excluding hydrogens is 156 g/mol. The Morgan fingerprint density at radius 3 is 2.69 bits per heavy atom. The van der Waals surface area contributed by atoms with Crippen LogP contribution in [-0.2, 0) is 0 Å². The maximum Gasteiger partial charge on any atom is -0.0158 e. The van der Waals surface area contributed by atoms with E-state index in [-0.39, 0.29) is 0 Å². The van der Waals surface area contributed by atoms with Crippen LogP contribution in [-0.4, -0.2) is 0 Å². The molecule has 0 saturated heterocycles. The zero-order valence-corrected chi connectivity index (χ0v) is 8.38. The van der Waals surface area contributed by atoms with E-state index < -0.39 is 0 Å². The van der Waals surface area contributed by atoms with Crippen LogP contribution in [0, 0.1) is 0 Å². The van der Waals surface area contributed by atoms with Crippen molar-refractivity contribution >= 4 is 11.6 Å². The Balaban J connectivity index is 3.12. The Hall–Kier alpha value is -1.30. The molecule has 0 aliphatic rings. The predicted octanol–water partition coefficient (Wildman–Crippen LogP) is 4.14. The summed E-state index contributed by atoms with van der Waals surface area (Å²) in [6, 6.07) is 8.34. The van der Waals surface area contributed by atoms with E-state index in [1.54, 1.807) is 0 Å². The molecule has 0 aromatic heterocycles. The predicted molar refractivity (Wildman–Crippen MR) is 60.5 cm³/mol. The Labute approximate surface area is 80.6 Å². The van der Waals surface area contributed by atoms with Crippen molar-refractivity contribution in [3.05, 3.63) is 48.0 Å². The normalized spacial score (nSPS) is 11.4. The fourth-order valence-corrected chi connectivity index (χ4v) is 1.45. The first-order chi connectivity index (χ1) is 6.29. The molecule has 1 aromatic rings. The molecule has 0 heterocycles. The molecule has 0 bridgehead atoms. The molecule has 13 heavy (non-hydrogen) atoms. The van der Waals surface area contributed by atoms with E-state index in [0.717, 1.165) is 6.42 Å². The lowest BCUT2D eigenvalue weighted by atomic mass is 10.0. The summed E-state index contributed by atoms with van der Waals surface area (Å²) in [5, 5.41) is 0. The molecule has 0 heteroatoms. The molecule has 0 radical (unpaired) electrons. The Morgan fingerprint density at radius 1 is 1.38 bits per heavy atom. The molecule has 1 aromatic carbocycles. The third-order valence-corrected chi connectivity index (χ3v) is 2.12. The highest BCUT2D eigenvalue weighted by molar-refractivity contribution is 5.72. The highest BCUT2D eigenvalue weighted by atomic mass is 14.0. The second-order valence-electron chi connectivity index (χ2n) is 3.09. The lowest BCUT2D eigenvalue weighted by molar-refractivity contribution is 1.22. The van der Waals surface area contributed by atoms with Gasteiger partial charge in [-0.05, 0) is 30.0 Å². The summed E-state index contributed by atoms with van der Waals surface area (Å²) in [7, 11) is 0. The smallest absolute Gasteiger partial charge is 0.0158 e. The average Bonchev–Trinajstić information content (AvgIpc) is 2.18. The van der Waals surface area contributed by atoms with Crippen LogP contribution in [0.3, 0.4) is 0 Å². The molecule has 0 fully saturated rings. The standard InChI is InChI=1S/C13H16/c1-4-8-11(3)13-10-7-6-9-12(13)5-2/h5-10H,2,4H2,1,3H3/b11-8-. The first kappa shape index (κ1) is 9.79. The Bertz CT molecular complexity index is 319. The largest absolute Gasteiger partial charge is 0.0984 e. The molecule has 68 valence electrons. The topological polar surface area (TPSA) is 0 Å². The van der Waals surface area contributed by atoms with Gasteiger partial charge in [-0.3, -0.25) is 0 Å². The molecule has 0 N–H and O–H groups in total. The fourth-order valence-electron chi connectivity index (χ4n) is 1.45. The van der Waals surface area contributed by atoms with Crippen LogP contribution in [0.1, 0.15) is 31.4 Å². The van der Waals surface area contributed by atoms with Crippen molar-refractivity contribution in [3.63, 3.8) is 0 Å².